The fraction of sp³-hybridized carbons (Fsp3) is 0.316. The Morgan fingerprint density at radius 2 is 1.50 bits per heavy atom. The van der Waals surface area contributed by atoms with Gasteiger partial charge in [0.1, 0.15) is 0 Å². The second-order valence-corrected chi connectivity index (χ2v) is 7.36. The van der Waals surface area contributed by atoms with Gasteiger partial charge in [-0.05, 0) is 50.7 Å². The molecule has 1 saturated heterocycles. The van der Waals surface area contributed by atoms with Crippen molar-refractivity contribution in [3.63, 3.8) is 0 Å². The molecule has 2 heterocycles. The number of fused-ring (bicyclic) bond motifs is 3. The minimum absolute atomic E-state index is 0.0795. The topological polar surface area (TPSA) is 51.3 Å². The SMILES string of the molecule is CC1(C)OB(c2cccc3[nH]c(=O)c4ccccc4c23)OC1(C)C. The Labute approximate surface area is 140 Å². The van der Waals surface area contributed by atoms with Crippen molar-refractivity contribution in [1.82, 2.24) is 4.98 Å². The minimum atomic E-state index is -0.465. The predicted octanol–water partition coefficient (Wildman–Crippen LogP) is 2.98. The van der Waals surface area contributed by atoms with Gasteiger partial charge in [-0.1, -0.05) is 30.3 Å². The Balaban J connectivity index is 2.01. The zero-order valence-electron chi connectivity index (χ0n) is 14.3. The lowest BCUT2D eigenvalue weighted by molar-refractivity contribution is 0.00578. The summed E-state index contributed by atoms with van der Waals surface area (Å²) >= 11 is 0. The van der Waals surface area contributed by atoms with Crippen molar-refractivity contribution in [3.8, 4) is 0 Å². The molecule has 1 fully saturated rings. The highest BCUT2D eigenvalue weighted by Crippen LogP contribution is 2.37. The van der Waals surface area contributed by atoms with Gasteiger partial charge in [-0.15, -0.1) is 0 Å². The predicted molar refractivity (Wildman–Crippen MR) is 97.8 cm³/mol. The van der Waals surface area contributed by atoms with E-state index in [1.54, 1.807) is 0 Å². The number of pyridine rings is 1. The van der Waals surface area contributed by atoms with E-state index in [-0.39, 0.29) is 5.56 Å². The lowest BCUT2D eigenvalue weighted by atomic mass is 9.76. The van der Waals surface area contributed by atoms with Gasteiger partial charge in [0.2, 0.25) is 0 Å². The van der Waals surface area contributed by atoms with Gasteiger partial charge in [0.15, 0.2) is 0 Å². The molecule has 3 aromatic rings. The van der Waals surface area contributed by atoms with E-state index in [1.807, 2.05) is 70.2 Å². The van der Waals surface area contributed by atoms with Gasteiger partial charge in [-0.2, -0.15) is 0 Å². The fourth-order valence-electron chi connectivity index (χ4n) is 3.23. The second-order valence-electron chi connectivity index (χ2n) is 7.36. The Hall–Kier alpha value is -2.11. The average Bonchev–Trinajstić information content (AvgIpc) is 2.75. The Morgan fingerprint density at radius 3 is 2.17 bits per heavy atom. The molecule has 122 valence electrons. The maximum atomic E-state index is 12.3. The Bertz CT molecular complexity index is 990. The molecule has 4 nitrogen and oxygen atoms in total. The molecule has 0 radical (unpaired) electrons. The van der Waals surface area contributed by atoms with Gasteiger partial charge in [0.05, 0.1) is 11.2 Å². The van der Waals surface area contributed by atoms with Crippen LogP contribution in [0, 0.1) is 0 Å². The van der Waals surface area contributed by atoms with Gasteiger partial charge in [-0.25, -0.2) is 0 Å². The number of nitrogens with one attached hydrogen (secondary N) is 1. The van der Waals surface area contributed by atoms with E-state index >= 15 is 0 Å². The Morgan fingerprint density at radius 1 is 0.875 bits per heavy atom. The minimum Gasteiger partial charge on any atom is -0.399 e. The maximum Gasteiger partial charge on any atom is 0.495 e. The highest BCUT2D eigenvalue weighted by molar-refractivity contribution is 6.65. The first-order valence-corrected chi connectivity index (χ1v) is 8.19. The third-order valence-electron chi connectivity index (χ3n) is 5.29. The smallest absolute Gasteiger partial charge is 0.399 e. The highest BCUT2D eigenvalue weighted by atomic mass is 16.7. The summed E-state index contributed by atoms with van der Waals surface area (Å²) in [5.41, 5.74) is 0.851. The molecule has 1 aromatic heterocycles. The van der Waals surface area contributed by atoms with E-state index in [4.69, 9.17) is 9.31 Å². The molecule has 24 heavy (non-hydrogen) atoms. The number of hydrogen-bond donors (Lipinski definition) is 1. The van der Waals surface area contributed by atoms with E-state index in [0.29, 0.717) is 5.39 Å². The molecule has 0 unspecified atom stereocenters. The molecule has 0 bridgehead atoms. The quantitative estimate of drug-likeness (QED) is 0.554. The van der Waals surface area contributed by atoms with Crippen LogP contribution in [0.25, 0.3) is 21.7 Å². The average molecular weight is 321 g/mol. The van der Waals surface area contributed by atoms with Crippen LogP contribution in [0.5, 0.6) is 0 Å². The third kappa shape index (κ3) is 2.12. The first-order chi connectivity index (χ1) is 11.3. The number of H-pyrrole nitrogens is 1. The summed E-state index contributed by atoms with van der Waals surface area (Å²) in [6.45, 7) is 8.16. The van der Waals surface area contributed by atoms with Crippen LogP contribution in [0.1, 0.15) is 27.7 Å². The zero-order valence-corrected chi connectivity index (χ0v) is 14.3. The summed E-state index contributed by atoms with van der Waals surface area (Å²) in [4.78, 5) is 15.3. The third-order valence-corrected chi connectivity index (χ3v) is 5.29. The standard InChI is InChI=1S/C19H20BNO3/c1-18(2)19(3,4)24-20(23-18)14-10-7-11-15-16(14)12-8-5-6-9-13(12)17(22)21-15/h5-11H,1-4H3,(H,21,22). The van der Waals surface area contributed by atoms with Crippen LogP contribution >= 0.6 is 0 Å². The molecule has 1 N–H and O–H groups in total. The van der Waals surface area contributed by atoms with Crippen molar-refractivity contribution >= 4 is 34.3 Å². The van der Waals surface area contributed by atoms with Crippen molar-refractivity contribution in [3.05, 3.63) is 52.8 Å². The molecule has 4 rings (SSSR count). The van der Waals surface area contributed by atoms with Gasteiger partial charge < -0.3 is 14.3 Å². The summed E-state index contributed by atoms with van der Waals surface area (Å²) in [7, 11) is -0.465. The molecule has 0 atom stereocenters. The van der Waals surface area contributed by atoms with Crippen LogP contribution in [-0.2, 0) is 9.31 Å². The molecule has 5 heteroatoms. The molecule has 0 amide bonds. The van der Waals surface area contributed by atoms with Gasteiger partial charge in [0.25, 0.3) is 5.56 Å². The first kappa shape index (κ1) is 15.4. The number of aromatic amines is 1. The van der Waals surface area contributed by atoms with Crippen LogP contribution in [0.2, 0.25) is 0 Å². The lowest BCUT2D eigenvalue weighted by Crippen LogP contribution is -2.41. The van der Waals surface area contributed by atoms with Crippen molar-refractivity contribution in [2.75, 3.05) is 0 Å². The van der Waals surface area contributed by atoms with E-state index in [9.17, 15) is 4.79 Å². The molecular formula is C19H20BNO3. The van der Waals surface area contributed by atoms with E-state index in [1.165, 1.54) is 0 Å². The second kappa shape index (κ2) is 4.95. The zero-order chi connectivity index (χ0) is 17.1. The molecule has 0 aliphatic carbocycles. The largest absolute Gasteiger partial charge is 0.495 e. The molecule has 2 aromatic carbocycles. The van der Waals surface area contributed by atoms with Crippen LogP contribution in [0.3, 0.4) is 0 Å². The monoisotopic (exact) mass is 321 g/mol. The number of rotatable bonds is 1. The fourth-order valence-corrected chi connectivity index (χ4v) is 3.23. The van der Waals surface area contributed by atoms with Gasteiger partial charge in [0, 0.05) is 16.3 Å². The molecule has 1 aliphatic rings. The van der Waals surface area contributed by atoms with Gasteiger partial charge in [-0.3, -0.25) is 4.79 Å². The van der Waals surface area contributed by atoms with E-state index in [2.05, 4.69) is 4.98 Å². The van der Waals surface area contributed by atoms with Crippen LogP contribution in [0.15, 0.2) is 47.3 Å². The van der Waals surface area contributed by atoms with Crippen molar-refractivity contribution in [2.24, 2.45) is 0 Å². The summed E-state index contributed by atoms with van der Waals surface area (Å²) in [5, 5.41) is 2.57. The van der Waals surface area contributed by atoms with Crippen LogP contribution < -0.4 is 11.0 Å². The van der Waals surface area contributed by atoms with Crippen molar-refractivity contribution in [1.29, 1.82) is 0 Å². The summed E-state index contributed by atoms with van der Waals surface area (Å²) in [5.74, 6) is 0. The molecular weight excluding hydrogens is 301 g/mol. The number of aromatic nitrogens is 1. The lowest BCUT2D eigenvalue weighted by Gasteiger charge is -2.32. The normalized spacial score (nSPS) is 19.2. The Kier molecular flexibility index (Phi) is 3.18. The summed E-state index contributed by atoms with van der Waals surface area (Å²) in [6.07, 6.45) is 0. The van der Waals surface area contributed by atoms with Crippen LogP contribution in [0.4, 0.5) is 0 Å². The maximum absolute atomic E-state index is 12.3. The van der Waals surface area contributed by atoms with E-state index < -0.39 is 18.3 Å². The molecule has 0 saturated carbocycles. The first-order valence-electron chi connectivity index (χ1n) is 8.19. The number of hydrogen-bond acceptors (Lipinski definition) is 3. The van der Waals surface area contributed by atoms with Crippen molar-refractivity contribution in [2.45, 2.75) is 38.9 Å². The molecule has 0 spiro atoms. The summed E-state index contributed by atoms with van der Waals surface area (Å²) in [6, 6.07) is 13.5. The van der Waals surface area contributed by atoms with E-state index in [0.717, 1.165) is 21.8 Å². The summed E-state index contributed by atoms with van der Waals surface area (Å²) < 4.78 is 12.4. The van der Waals surface area contributed by atoms with Gasteiger partial charge >= 0.3 is 7.12 Å². The highest BCUT2D eigenvalue weighted by Gasteiger charge is 2.52. The van der Waals surface area contributed by atoms with Crippen LogP contribution in [-0.4, -0.2) is 23.3 Å². The molecule has 1 aliphatic heterocycles. The van der Waals surface area contributed by atoms with Crippen molar-refractivity contribution < 1.29 is 9.31 Å². The number of benzene rings is 2.